The Morgan fingerprint density at radius 1 is 1.21 bits per heavy atom. The van der Waals surface area contributed by atoms with Gasteiger partial charge < -0.3 is 14.4 Å². The number of aryl methyl sites for hydroxylation is 1. The molecule has 1 aliphatic rings. The van der Waals surface area contributed by atoms with E-state index in [1.54, 1.807) is 7.11 Å². The number of pyridine rings is 1. The van der Waals surface area contributed by atoms with Crippen molar-refractivity contribution in [2.24, 2.45) is 0 Å². The Morgan fingerprint density at radius 3 is 2.74 bits per heavy atom. The summed E-state index contributed by atoms with van der Waals surface area (Å²) in [5, 5.41) is 1.07. The highest BCUT2D eigenvalue weighted by Crippen LogP contribution is 2.29. The van der Waals surface area contributed by atoms with Crippen molar-refractivity contribution in [3.05, 3.63) is 30.0 Å². The number of hydrogen-bond acceptors (Lipinski definition) is 4. The lowest BCUT2D eigenvalue weighted by Gasteiger charge is -2.29. The van der Waals surface area contributed by atoms with Crippen LogP contribution >= 0.6 is 0 Å². The van der Waals surface area contributed by atoms with E-state index in [9.17, 15) is 0 Å². The first-order chi connectivity index (χ1) is 9.28. The molecular formula is C15H18N2O2. The molecule has 1 aliphatic heterocycles. The van der Waals surface area contributed by atoms with Gasteiger partial charge in [0.05, 0.1) is 25.8 Å². The van der Waals surface area contributed by atoms with E-state index in [0.717, 1.165) is 48.6 Å². The molecule has 3 rings (SSSR count). The van der Waals surface area contributed by atoms with Crippen LogP contribution in [0, 0.1) is 6.92 Å². The SMILES string of the molecule is COc1cc(C)nc2ccc(N3CCOCC3)cc12. The van der Waals surface area contributed by atoms with Crippen LogP contribution in [-0.2, 0) is 4.74 Å². The number of anilines is 1. The molecule has 1 aromatic carbocycles. The second kappa shape index (κ2) is 5.05. The number of morpholine rings is 1. The maximum atomic E-state index is 5.47. The normalized spacial score (nSPS) is 15.8. The van der Waals surface area contributed by atoms with E-state index < -0.39 is 0 Å². The second-order valence-electron chi connectivity index (χ2n) is 4.77. The van der Waals surface area contributed by atoms with E-state index in [-0.39, 0.29) is 0 Å². The van der Waals surface area contributed by atoms with Gasteiger partial charge in [0.15, 0.2) is 0 Å². The zero-order valence-electron chi connectivity index (χ0n) is 11.3. The average Bonchev–Trinajstić information content (AvgIpc) is 2.46. The molecule has 0 spiro atoms. The lowest BCUT2D eigenvalue weighted by molar-refractivity contribution is 0.122. The third-order valence-electron chi connectivity index (χ3n) is 3.48. The molecule has 19 heavy (non-hydrogen) atoms. The number of hydrogen-bond donors (Lipinski definition) is 0. The standard InChI is InChI=1S/C15H18N2O2/c1-11-9-15(18-2)13-10-12(3-4-14(13)16-11)17-5-7-19-8-6-17/h3-4,9-10H,5-8H2,1-2H3. The van der Waals surface area contributed by atoms with E-state index in [2.05, 4.69) is 28.1 Å². The Morgan fingerprint density at radius 2 is 2.00 bits per heavy atom. The quantitative estimate of drug-likeness (QED) is 0.828. The van der Waals surface area contributed by atoms with E-state index in [1.807, 2.05) is 13.0 Å². The van der Waals surface area contributed by atoms with Crippen LogP contribution in [0.5, 0.6) is 5.75 Å². The lowest BCUT2D eigenvalue weighted by Crippen LogP contribution is -2.36. The number of benzene rings is 1. The van der Waals surface area contributed by atoms with Crippen LogP contribution in [0.1, 0.15) is 5.69 Å². The van der Waals surface area contributed by atoms with Gasteiger partial charge in [-0.05, 0) is 25.1 Å². The van der Waals surface area contributed by atoms with Gasteiger partial charge in [0.25, 0.3) is 0 Å². The van der Waals surface area contributed by atoms with Crippen molar-refractivity contribution in [1.29, 1.82) is 0 Å². The molecule has 1 saturated heterocycles. The van der Waals surface area contributed by atoms with Gasteiger partial charge in [-0.3, -0.25) is 4.98 Å². The Balaban J connectivity index is 2.06. The first-order valence-corrected chi connectivity index (χ1v) is 6.56. The van der Waals surface area contributed by atoms with Gasteiger partial charge in [0, 0.05) is 35.9 Å². The Labute approximate surface area is 113 Å². The fourth-order valence-corrected chi connectivity index (χ4v) is 2.50. The molecule has 0 amide bonds. The number of aromatic nitrogens is 1. The van der Waals surface area contributed by atoms with Gasteiger partial charge in [-0.1, -0.05) is 0 Å². The summed E-state index contributed by atoms with van der Waals surface area (Å²) < 4.78 is 10.9. The van der Waals surface area contributed by atoms with Crippen molar-refractivity contribution in [2.45, 2.75) is 6.92 Å². The predicted octanol–water partition coefficient (Wildman–Crippen LogP) is 2.39. The average molecular weight is 258 g/mol. The van der Waals surface area contributed by atoms with Crippen LogP contribution in [-0.4, -0.2) is 38.4 Å². The Hall–Kier alpha value is -1.81. The van der Waals surface area contributed by atoms with Crippen molar-refractivity contribution < 1.29 is 9.47 Å². The summed E-state index contributed by atoms with van der Waals surface area (Å²) >= 11 is 0. The Bertz CT molecular complexity index is 592. The minimum Gasteiger partial charge on any atom is -0.496 e. The van der Waals surface area contributed by atoms with Gasteiger partial charge in [-0.25, -0.2) is 0 Å². The highest BCUT2D eigenvalue weighted by Gasteiger charge is 2.13. The zero-order chi connectivity index (χ0) is 13.2. The Kier molecular flexibility index (Phi) is 3.25. The van der Waals surface area contributed by atoms with Gasteiger partial charge in [-0.2, -0.15) is 0 Å². The maximum Gasteiger partial charge on any atom is 0.130 e. The van der Waals surface area contributed by atoms with Crippen LogP contribution in [0.25, 0.3) is 10.9 Å². The smallest absolute Gasteiger partial charge is 0.130 e. The molecule has 0 aliphatic carbocycles. The van der Waals surface area contributed by atoms with Crippen molar-refractivity contribution in [2.75, 3.05) is 38.3 Å². The summed E-state index contributed by atoms with van der Waals surface area (Å²) in [5.41, 5.74) is 3.16. The van der Waals surface area contributed by atoms with E-state index in [0.29, 0.717) is 0 Å². The van der Waals surface area contributed by atoms with Gasteiger partial charge in [0.1, 0.15) is 5.75 Å². The van der Waals surface area contributed by atoms with Crippen molar-refractivity contribution in [3.63, 3.8) is 0 Å². The van der Waals surface area contributed by atoms with Crippen molar-refractivity contribution in [3.8, 4) is 5.75 Å². The molecule has 0 unspecified atom stereocenters. The number of fused-ring (bicyclic) bond motifs is 1. The summed E-state index contributed by atoms with van der Waals surface area (Å²) in [7, 11) is 1.70. The number of nitrogens with zero attached hydrogens (tertiary/aromatic N) is 2. The third-order valence-corrected chi connectivity index (χ3v) is 3.48. The molecular weight excluding hydrogens is 240 g/mol. The van der Waals surface area contributed by atoms with Crippen LogP contribution in [0.3, 0.4) is 0 Å². The number of rotatable bonds is 2. The summed E-state index contributed by atoms with van der Waals surface area (Å²) in [6.07, 6.45) is 0. The fraction of sp³-hybridized carbons (Fsp3) is 0.400. The molecule has 4 nitrogen and oxygen atoms in total. The largest absolute Gasteiger partial charge is 0.496 e. The number of ether oxygens (including phenoxy) is 2. The van der Waals surface area contributed by atoms with Crippen LogP contribution in [0.15, 0.2) is 24.3 Å². The zero-order valence-corrected chi connectivity index (χ0v) is 11.3. The summed E-state index contributed by atoms with van der Waals surface area (Å²) in [5.74, 6) is 0.887. The molecule has 2 heterocycles. The highest BCUT2D eigenvalue weighted by molar-refractivity contribution is 5.88. The minimum absolute atomic E-state index is 0.793. The molecule has 2 aromatic rings. The second-order valence-corrected chi connectivity index (χ2v) is 4.77. The van der Waals surface area contributed by atoms with E-state index in [1.165, 1.54) is 5.69 Å². The highest BCUT2D eigenvalue weighted by atomic mass is 16.5. The number of methoxy groups -OCH3 is 1. The van der Waals surface area contributed by atoms with Gasteiger partial charge >= 0.3 is 0 Å². The summed E-state index contributed by atoms with van der Waals surface area (Å²) in [6.45, 7) is 5.45. The van der Waals surface area contributed by atoms with Crippen molar-refractivity contribution >= 4 is 16.6 Å². The lowest BCUT2D eigenvalue weighted by atomic mass is 10.1. The molecule has 100 valence electrons. The molecule has 0 bridgehead atoms. The first-order valence-electron chi connectivity index (χ1n) is 6.56. The summed E-state index contributed by atoms with van der Waals surface area (Å²) in [6, 6.07) is 8.33. The van der Waals surface area contributed by atoms with Gasteiger partial charge in [0.2, 0.25) is 0 Å². The fourth-order valence-electron chi connectivity index (χ4n) is 2.50. The van der Waals surface area contributed by atoms with Crippen LogP contribution in [0.4, 0.5) is 5.69 Å². The van der Waals surface area contributed by atoms with E-state index >= 15 is 0 Å². The van der Waals surface area contributed by atoms with Crippen molar-refractivity contribution in [1.82, 2.24) is 4.98 Å². The molecule has 1 fully saturated rings. The summed E-state index contributed by atoms with van der Waals surface area (Å²) in [4.78, 5) is 6.88. The molecule has 0 saturated carbocycles. The molecule has 1 aromatic heterocycles. The van der Waals surface area contributed by atoms with Crippen LogP contribution in [0.2, 0.25) is 0 Å². The molecule has 0 atom stereocenters. The van der Waals surface area contributed by atoms with E-state index in [4.69, 9.17) is 9.47 Å². The van der Waals surface area contributed by atoms with Crippen LogP contribution < -0.4 is 9.64 Å². The molecule has 4 heteroatoms. The molecule has 0 N–H and O–H groups in total. The molecule has 0 radical (unpaired) electrons. The first kappa shape index (κ1) is 12.2. The predicted molar refractivity (Wildman–Crippen MR) is 76.1 cm³/mol. The monoisotopic (exact) mass is 258 g/mol. The topological polar surface area (TPSA) is 34.6 Å². The third kappa shape index (κ3) is 2.36. The minimum atomic E-state index is 0.793. The maximum absolute atomic E-state index is 5.47. The van der Waals surface area contributed by atoms with Gasteiger partial charge in [-0.15, -0.1) is 0 Å².